The summed E-state index contributed by atoms with van der Waals surface area (Å²) in [6.45, 7) is 1.72. The lowest BCUT2D eigenvalue weighted by Crippen LogP contribution is -2.28. The van der Waals surface area contributed by atoms with Gasteiger partial charge in [-0.15, -0.1) is 12.4 Å². The Hall–Kier alpha value is -1.26. The lowest BCUT2D eigenvalue weighted by atomic mass is 10.1. The molecule has 0 heterocycles. The van der Waals surface area contributed by atoms with Gasteiger partial charge in [0.1, 0.15) is 5.75 Å². The van der Waals surface area contributed by atoms with Gasteiger partial charge in [-0.05, 0) is 44.8 Å². The fourth-order valence-corrected chi connectivity index (χ4v) is 1.61. The number of ether oxygens (including phenoxy) is 1. The molecule has 0 aromatic heterocycles. The number of methoxy groups -OCH3 is 1. The highest BCUT2D eigenvalue weighted by molar-refractivity contribution is 5.85. The average molecular weight is 287 g/mol. The molecule has 0 atom stereocenters. The first-order valence-corrected chi connectivity index (χ1v) is 6.16. The van der Waals surface area contributed by atoms with Gasteiger partial charge in [-0.25, -0.2) is 0 Å². The highest BCUT2D eigenvalue weighted by Gasteiger charge is 2.03. The van der Waals surface area contributed by atoms with Crippen LogP contribution in [-0.4, -0.2) is 45.1 Å². The first-order chi connectivity index (χ1) is 8.61. The fraction of sp³-hybridized carbons (Fsp3) is 0.500. The molecule has 0 saturated heterocycles. The Kier molecular flexibility index (Phi) is 9.00. The lowest BCUT2D eigenvalue weighted by Gasteiger charge is -2.10. The van der Waals surface area contributed by atoms with Crippen LogP contribution in [0.5, 0.6) is 5.75 Å². The lowest BCUT2D eigenvalue weighted by molar-refractivity contribution is -0.120. The number of halogens is 1. The summed E-state index contributed by atoms with van der Waals surface area (Å²) in [5.74, 6) is 0.879. The van der Waals surface area contributed by atoms with Gasteiger partial charge in [-0.3, -0.25) is 4.79 Å². The van der Waals surface area contributed by atoms with Gasteiger partial charge < -0.3 is 15.0 Å². The summed E-state index contributed by atoms with van der Waals surface area (Å²) < 4.78 is 5.07. The summed E-state index contributed by atoms with van der Waals surface area (Å²) in [4.78, 5) is 13.8. The van der Waals surface area contributed by atoms with Gasteiger partial charge in [0, 0.05) is 6.54 Å². The molecule has 5 heteroatoms. The van der Waals surface area contributed by atoms with Crippen LogP contribution in [0.1, 0.15) is 12.0 Å². The predicted octanol–water partition coefficient (Wildman–Crippen LogP) is 1.73. The molecule has 0 aliphatic heterocycles. The molecule has 0 fully saturated rings. The minimum atomic E-state index is 0. The molecule has 0 aliphatic carbocycles. The summed E-state index contributed by atoms with van der Waals surface area (Å²) in [7, 11) is 5.69. The molecule has 0 spiro atoms. The van der Waals surface area contributed by atoms with E-state index in [1.807, 2.05) is 38.4 Å². The molecule has 1 amide bonds. The van der Waals surface area contributed by atoms with Crippen LogP contribution in [0.4, 0.5) is 0 Å². The van der Waals surface area contributed by atoms with E-state index in [9.17, 15) is 4.79 Å². The molecule has 0 aliphatic rings. The van der Waals surface area contributed by atoms with Crippen molar-refractivity contribution in [1.29, 1.82) is 0 Å². The fourth-order valence-electron chi connectivity index (χ4n) is 1.61. The Bertz CT molecular complexity index is 366. The number of rotatable bonds is 7. The van der Waals surface area contributed by atoms with Crippen molar-refractivity contribution in [2.45, 2.75) is 12.8 Å². The number of amides is 1. The quantitative estimate of drug-likeness (QED) is 0.776. The molecule has 108 valence electrons. The molecule has 19 heavy (non-hydrogen) atoms. The standard InChI is InChI=1S/C14H22N2O2.ClH/c1-16(2)10-4-9-15-14(17)11-12-5-7-13(18-3)8-6-12;/h5-8H,4,9-11H2,1-3H3,(H,15,17);1H. The third-order valence-corrected chi connectivity index (χ3v) is 2.63. The Balaban J connectivity index is 0.00000324. The van der Waals surface area contributed by atoms with Crippen LogP contribution in [0.2, 0.25) is 0 Å². The van der Waals surface area contributed by atoms with E-state index in [-0.39, 0.29) is 18.3 Å². The molecule has 0 bridgehead atoms. The third-order valence-electron chi connectivity index (χ3n) is 2.63. The average Bonchev–Trinajstić information content (AvgIpc) is 2.35. The van der Waals surface area contributed by atoms with E-state index in [0.29, 0.717) is 6.42 Å². The van der Waals surface area contributed by atoms with Crippen molar-refractivity contribution in [2.24, 2.45) is 0 Å². The van der Waals surface area contributed by atoms with Crippen molar-refractivity contribution < 1.29 is 9.53 Å². The monoisotopic (exact) mass is 286 g/mol. The molecule has 1 aromatic rings. The maximum Gasteiger partial charge on any atom is 0.224 e. The third kappa shape index (κ3) is 7.70. The second kappa shape index (κ2) is 9.64. The van der Waals surface area contributed by atoms with Gasteiger partial charge in [0.25, 0.3) is 0 Å². The first-order valence-electron chi connectivity index (χ1n) is 6.16. The van der Waals surface area contributed by atoms with Crippen LogP contribution in [0, 0.1) is 0 Å². The van der Waals surface area contributed by atoms with Gasteiger partial charge in [0.05, 0.1) is 13.5 Å². The number of nitrogens with one attached hydrogen (secondary N) is 1. The topological polar surface area (TPSA) is 41.6 Å². The summed E-state index contributed by atoms with van der Waals surface area (Å²) in [5, 5.41) is 2.92. The van der Waals surface area contributed by atoms with Gasteiger partial charge in [0.2, 0.25) is 5.91 Å². The van der Waals surface area contributed by atoms with E-state index < -0.39 is 0 Å². The molecule has 4 nitrogen and oxygen atoms in total. The Morgan fingerprint density at radius 2 is 1.89 bits per heavy atom. The van der Waals surface area contributed by atoms with Crippen molar-refractivity contribution in [3.05, 3.63) is 29.8 Å². The Labute approximate surface area is 121 Å². The van der Waals surface area contributed by atoms with Crippen LogP contribution in [-0.2, 0) is 11.2 Å². The minimum Gasteiger partial charge on any atom is -0.497 e. The highest BCUT2D eigenvalue weighted by Crippen LogP contribution is 2.11. The van der Waals surface area contributed by atoms with Crippen LogP contribution in [0.25, 0.3) is 0 Å². The molecule has 0 unspecified atom stereocenters. The van der Waals surface area contributed by atoms with Crippen LogP contribution < -0.4 is 10.1 Å². The van der Waals surface area contributed by atoms with E-state index in [1.54, 1.807) is 7.11 Å². The second-order valence-corrected chi connectivity index (χ2v) is 4.53. The molecular weight excluding hydrogens is 264 g/mol. The molecule has 0 saturated carbocycles. The first kappa shape index (κ1) is 17.7. The smallest absolute Gasteiger partial charge is 0.224 e. The summed E-state index contributed by atoms with van der Waals surface area (Å²) >= 11 is 0. The SMILES string of the molecule is COc1ccc(CC(=O)NCCCN(C)C)cc1.Cl. The van der Waals surface area contributed by atoms with Crippen LogP contribution in [0.15, 0.2) is 24.3 Å². The Morgan fingerprint density at radius 1 is 1.26 bits per heavy atom. The van der Waals surface area contributed by atoms with Crippen LogP contribution in [0.3, 0.4) is 0 Å². The largest absolute Gasteiger partial charge is 0.497 e. The normalized spacial score (nSPS) is 9.89. The van der Waals surface area contributed by atoms with Crippen molar-refractivity contribution in [2.75, 3.05) is 34.3 Å². The van der Waals surface area contributed by atoms with E-state index in [0.717, 1.165) is 30.8 Å². The van der Waals surface area contributed by atoms with Crippen molar-refractivity contribution in [3.8, 4) is 5.75 Å². The van der Waals surface area contributed by atoms with Gasteiger partial charge in [-0.1, -0.05) is 12.1 Å². The number of hydrogen-bond donors (Lipinski definition) is 1. The van der Waals surface area contributed by atoms with Gasteiger partial charge in [0.15, 0.2) is 0 Å². The number of carbonyl (C=O) groups is 1. The molecule has 1 N–H and O–H groups in total. The Morgan fingerprint density at radius 3 is 2.42 bits per heavy atom. The van der Waals surface area contributed by atoms with Crippen molar-refractivity contribution in [1.82, 2.24) is 10.2 Å². The number of nitrogens with zero attached hydrogens (tertiary/aromatic N) is 1. The van der Waals surface area contributed by atoms with Crippen molar-refractivity contribution in [3.63, 3.8) is 0 Å². The maximum absolute atomic E-state index is 11.7. The summed E-state index contributed by atoms with van der Waals surface area (Å²) in [6.07, 6.45) is 1.40. The number of carbonyl (C=O) groups excluding carboxylic acids is 1. The van der Waals surface area contributed by atoms with E-state index in [1.165, 1.54) is 0 Å². The molecule has 1 aromatic carbocycles. The van der Waals surface area contributed by atoms with Crippen LogP contribution >= 0.6 is 12.4 Å². The zero-order valence-electron chi connectivity index (χ0n) is 11.8. The summed E-state index contributed by atoms with van der Waals surface area (Å²) in [6, 6.07) is 7.57. The molecular formula is C14H23ClN2O2. The van der Waals surface area contributed by atoms with E-state index in [4.69, 9.17) is 4.74 Å². The van der Waals surface area contributed by atoms with Gasteiger partial charge in [-0.2, -0.15) is 0 Å². The highest BCUT2D eigenvalue weighted by atomic mass is 35.5. The number of benzene rings is 1. The second-order valence-electron chi connectivity index (χ2n) is 4.53. The number of hydrogen-bond acceptors (Lipinski definition) is 3. The minimum absolute atomic E-state index is 0. The molecule has 0 radical (unpaired) electrons. The molecule has 1 rings (SSSR count). The predicted molar refractivity (Wildman–Crippen MR) is 80.1 cm³/mol. The maximum atomic E-state index is 11.7. The van der Waals surface area contributed by atoms with Gasteiger partial charge >= 0.3 is 0 Å². The zero-order chi connectivity index (χ0) is 13.4. The van der Waals surface area contributed by atoms with E-state index >= 15 is 0 Å². The zero-order valence-corrected chi connectivity index (χ0v) is 12.6. The van der Waals surface area contributed by atoms with Crippen molar-refractivity contribution >= 4 is 18.3 Å². The van der Waals surface area contributed by atoms with E-state index in [2.05, 4.69) is 10.2 Å². The summed E-state index contributed by atoms with van der Waals surface area (Å²) in [5.41, 5.74) is 1.00.